The van der Waals surface area contributed by atoms with Crippen molar-refractivity contribution in [1.29, 1.82) is 0 Å². The van der Waals surface area contributed by atoms with Crippen LogP contribution in [-0.2, 0) is 16.0 Å². The van der Waals surface area contributed by atoms with E-state index in [1.807, 2.05) is 37.3 Å². The summed E-state index contributed by atoms with van der Waals surface area (Å²) in [5.41, 5.74) is 3.22. The number of esters is 1. The number of nitrogens with zero attached hydrogens (tertiary/aromatic N) is 1. The Morgan fingerprint density at radius 2 is 1.96 bits per heavy atom. The molecule has 0 unspecified atom stereocenters. The molecule has 0 fully saturated rings. The van der Waals surface area contributed by atoms with E-state index >= 15 is 0 Å². The molecule has 0 spiro atoms. The zero-order valence-corrected chi connectivity index (χ0v) is 17.2. The van der Waals surface area contributed by atoms with Crippen LogP contribution in [0.25, 0.3) is 10.2 Å². The maximum Gasteiger partial charge on any atom is 0.328 e. The lowest BCUT2D eigenvalue weighted by molar-refractivity contribution is -0.144. The van der Waals surface area contributed by atoms with E-state index in [9.17, 15) is 4.79 Å². The summed E-state index contributed by atoms with van der Waals surface area (Å²) < 4.78 is 6.36. The lowest BCUT2D eigenvalue weighted by Gasteiger charge is -2.16. The highest BCUT2D eigenvalue weighted by atomic mass is 35.5. The number of aromatic nitrogens is 1. The number of rotatable bonds is 7. The van der Waals surface area contributed by atoms with E-state index in [0.717, 1.165) is 20.9 Å². The highest BCUT2D eigenvalue weighted by Crippen LogP contribution is 2.29. The maximum atomic E-state index is 12.4. The van der Waals surface area contributed by atoms with Crippen LogP contribution >= 0.6 is 22.9 Å². The van der Waals surface area contributed by atoms with Gasteiger partial charge in [-0.2, -0.15) is 0 Å². The number of thiazole rings is 1. The quantitative estimate of drug-likeness (QED) is 0.518. The third-order valence-electron chi connectivity index (χ3n) is 4.30. The first kappa shape index (κ1) is 19.6. The fraction of sp³-hybridized carbons (Fsp3) is 0.333. The van der Waals surface area contributed by atoms with Crippen molar-refractivity contribution in [3.05, 3.63) is 58.6 Å². The normalized spacial score (nSPS) is 12.3. The van der Waals surface area contributed by atoms with E-state index in [2.05, 4.69) is 36.3 Å². The first-order chi connectivity index (χ1) is 13.0. The number of benzene rings is 2. The molecule has 27 heavy (non-hydrogen) atoms. The highest BCUT2D eigenvalue weighted by molar-refractivity contribution is 7.22. The molecule has 0 bridgehead atoms. The second-order valence-electron chi connectivity index (χ2n) is 6.68. The van der Waals surface area contributed by atoms with Crippen molar-refractivity contribution in [1.82, 2.24) is 4.98 Å². The zero-order valence-electron chi connectivity index (χ0n) is 15.7. The number of carbonyl (C=O) groups excluding carboxylic acids is 1. The minimum absolute atomic E-state index is 0.283. The third kappa shape index (κ3) is 4.99. The summed E-state index contributed by atoms with van der Waals surface area (Å²) in [6.45, 7) is 6.49. The predicted molar refractivity (Wildman–Crippen MR) is 113 cm³/mol. The minimum atomic E-state index is -0.503. The molecule has 0 saturated heterocycles. The summed E-state index contributed by atoms with van der Waals surface area (Å²) >= 11 is 7.51. The summed E-state index contributed by atoms with van der Waals surface area (Å²) in [6, 6.07) is 13.3. The first-order valence-electron chi connectivity index (χ1n) is 9.04. The number of fused-ring (bicyclic) bond motifs is 1. The minimum Gasteiger partial charge on any atom is -0.464 e. The molecular formula is C21H23ClN2O2S. The molecule has 0 aliphatic heterocycles. The van der Waals surface area contributed by atoms with E-state index in [0.29, 0.717) is 24.0 Å². The molecule has 0 amide bonds. The SMILES string of the molecule is CCOC(=O)[C@H](Cc1ccc(Cl)cc1)Nc1nc2ccc(C(C)C)cc2s1. The third-order valence-corrected chi connectivity index (χ3v) is 5.50. The van der Waals surface area contributed by atoms with Crippen LogP contribution in [0.4, 0.5) is 5.13 Å². The van der Waals surface area contributed by atoms with E-state index in [1.54, 1.807) is 11.3 Å². The van der Waals surface area contributed by atoms with E-state index in [-0.39, 0.29) is 5.97 Å². The van der Waals surface area contributed by atoms with Crippen LogP contribution in [0, 0.1) is 0 Å². The number of carbonyl (C=O) groups is 1. The monoisotopic (exact) mass is 402 g/mol. The van der Waals surface area contributed by atoms with Gasteiger partial charge in [0.25, 0.3) is 0 Å². The average molecular weight is 403 g/mol. The van der Waals surface area contributed by atoms with Gasteiger partial charge in [0.2, 0.25) is 0 Å². The Labute approximate surface area is 168 Å². The second-order valence-corrected chi connectivity index (χ2v) is 8.15. The molecule has 4 nitrogen and oxygen atoms in total. The number of hydrogen-bond acceptors (Lipinski definition) is 5. The van der Waals surface area contributed by atoms with Crippen molar-refractivity contribution in [3.63, 3.8) is 0 Å². The predicted octanol–water partition coefficient (Wildman–Crippen LogP) is 5.66. The van der Waals surface area contributed by atoms with Gasteiger partial charge in [0.1, 0.15) is 6.04 Å². The average Bonchev–Trinajstić information content (AvgIpc) is 3.04. The highest BCUT2D eigenvalue weighted by Gasteiger charge is 2.22. The number of ether oxygens (including phenoxy) is 1. The molecule has 0 saturated carbocycles. The van der Waals surface area contributed by atoms with E-state index in [4.69, 9.17) is 16.3 Å². The zero-order chi connectivity index (χ0) is 19.4. The Bertz CT molecular complexity index is 922. The van der Waals surface area contributed by atoms with Crippen molar-refractivity contribution in [2.24, 2.45) is 0 Å². The Morgan fingerprint density at radius 1 is 1.22 bits per heavy atom. The molecule has 3 rings (SSSR count). The van der Waals surface area contributed by atoms with Crippen LogP contribution in [0.3, 0.4) is 0 Å². The van der Waals surface area contributed by atoms with Crippen LogP contribution in [0.5, 0.6) is 0 Å². The van der Waals surface area contributed by atoms with Crippen LogP contribution in [0.15, 0.2) is 42.5 Å². The summed E-state index contributed by atoms with van der Waals surface area (Å²) in [6.07, 6.45) is 0.503. The standard InChI is InChI=1S/C21H23ClN2O2S/c1-4-26-20(25)18(11-14-5-8-16(22)9-6-14)24-21-23-17-10-7-15(13(2)3)12-19(17)27-21/h5-10,12-13,18H,4,11H2,1-3H3,(H,23,24)/t18-/m0/s1. The molecule has 3 aromatic rings. The van der Waals surface area contributed by atoms with Crippen molar-refractivity contribution in [3.8, 4) is 0 Å². The lowest BCUT2D eigenvalue weighted by Crippen LogP contribution is -2.33. The number of hydrogen-bond donors (Lipinski definition) is 1. The molecule has 0 aliphatic rings. The molecule has 1 atom stereocenters. The summed E-state index contributed by atoms with van der Waals surface area (Å²) in [7, 11) is 0. The van der Waals surface area contributed by atoms with Crippen molar-refractivity contribution in [2.75, 3.05) is 11.9 Å². The largest absolute Gasteiger partial charge is 0.464 e. The second kappa shape index (κ2) is 8.72. The molecule has 1 N–H and O–H groups in total. The summed E-state index contributed by atoms with van der Waals surface area (Å²) in [4.78, 5) is 17.1. The van der Waals surface area contributed by atoms with Gasteiger partial charge < -0.3 is 10.1 Å². The Kier molecular flexibility index (Phi) is 6.34. The van der Waals surface area contributed by atoms with Gasteiger partial charge in [0, 0.05) is 11.4 Å². The molecule has 2 aromatic carbocycles. The van der Waals surface area contributed by atoms with Gasteiger partial charge in [-0.15, -0.1) is 0 Å². The Morgan fingerprint density at radius 3 is 2.63 bits per heavy atom. The van der Waals surface area contributed by atoms with Gasteiger partial charge >= 0.3 is 5.97 Å². The molecule has 6 heteroatoms. The molecule has 0 radical (unpaired) electrons. The van der Waals surface area contributed by atoms with Crippen LogP contribution in [-0.4, -0.2) is 23.6 Å². The number of nitrogens with one attached hydrogen (secondary N) is 1. The molecule has 1 aromatic heterocycles. The van der Waals surface area contributed by atoms with Crippen LogP contribution in [0.2, 0.25) is 5.02 Å². The van der Waals surface area contributed by atoms with Crippen LogP contribution in [0.1, 0.15) is 37.8 Å². The van der Waals surface area contributed by atoms with E-state index in [1.165, 1.54) is 5.56 Å². The fourth-order valence-corrected chi connectivity index (χ4v) is 3.90. The Hall–Kier alpha value is -2.11. The van der Waals surface area contributed by atoms with Crippen LogP contribution < -0.4 is 5.32 Å². The van der Waals surface area contributed by atoms with Crippen molar-refractivity contribution < 1.29 is 9.53 Å². The fourth-order valence-electron chi connectivity index (χ4n) is 2.80. The molecule has 0 aliphatic carbocycles. The first-order valence-corrected chi connectivity index (χ1v) is 10.2. The van der Waals surface area contributed by atoms with Gasteiger partial charge in [-0.1, -0.05) is 55.0 Å². The lowest BCUT2D eigenvalue weighted by atomic mass is 10.0. The van der Waals surface area contributed by atoms with E-state index < -0.39 is 6.04 Å². The topological polar surface area (TPSA) is 51.2 Å². The van der Waals surface area contributed by atoms with Gasteiger partial charge in [-0.3, -0.25) is 0 Å². The smallest absolute Gasteiger partial charge is 0.328 e. The molecule has 142 valence electrons. The summed E-state index contributed by atoms with van der Waals surface area (Å²) in [5.74, 6) is 0.180. The van der Waals surface area contributed by atoms with Gasteiger partial charge in [0.05, 0.1) is 16.8 Å². The van der Waals surface area contributed by atoms with Gasteiger partial charge in [-0.05, 0) is 48.2 Å². The molecular weight excluding hydrogens is 380 g/mol. The van der Waals surface area contributed by atoms with Gasteiger partial charge in [-0.25, -0.2) is 9.78 Å². The molecule has 1 heterocycles. The van der Waals surface area contributed by atoms with Crippen molar-refractivity contribution in [2.45, 2.75) is 39.2 Å². The number of anilines is 1. The van der Waals surface area contributed by atoms with Gasteiger partial charge in [0.15, 0.2) is 5.13 Å². The van der Waals surface area contributed by atoms with Crippen molar-refractivity contribution >= 4 is 44.3 Å². The number of halogens is 1. The summed E-state index contributed by atoms with van der Waals surface area (Å²) in [5, 5.41) is 4.66. The maximum absolute atomic E-state index is 12.4. The Balaban J connectivity index is 1.83.